The van der Waals surface area contributed by atoms with Crippen LogP contribution in [-0.4, -0.2) is 38.3 Å². The number of nitrogens with zero attached hydrogens (tertiary/aromatic N) is 2. The van der Waals surface area contributed by atoms with Crippen molar-refractivity contribution in [1.82, 2.24) is 10.3 Å². The van der Waals surface area contributed by atoms with Gasteiger partial charge in [-0.05, 0) is 36.1 Å². The Bertz CT molecular complexity index is 393. The predicted octanol–water partition coefficient (Wildman–Crippen LogP) is 2.94. The molecule has 4 nitrogen and oxygen atoms in total. The molecule has 4 heteroatoms. The molecule has 1 aromatic heterocycles. The Morgan fingerprint density at radius 3 is 2.62 bits per heavy atom. The van der Waals surface area contributed by atoms with Gasteiger partial charge in [-0.1, -0.05) is 27.7 Å². The molecule has 120 valence electrons. The van der Waals surface area contributed by atoms with E-state index in [1.165, 1.54) is 5.56 Å². The molecule has 0 radical (unpaired) electrons. The van der Waals surface area contributed by atoms with Crippen molar-refractivity contribution in [2.24, 2.45) is 11.8 Å². The van der Waals surface area contributed by atoms with E-state index in [0.29, 0.717) is 11.8 Å². The molecule has 0 atom stereocenters. The molecule has 0 bridgehead atoms. The Labute approximate surface area is 129 Å². The SMILES string of the molecule is COCCN(CC(C)C)c1cc(CNCC(C)C)ccn1. The van der Waals surface area contributed by atoms with Crippen LogP contribution in [0.1, 0.15) is 33.3 Å². The summed E-state index contributed by atoms with van der Waals surface area (Å²) in [5.74, 6) is 2.32. The van der Waals surface area contributed by atoms with Crippen LogP contribution in [0.15, 0.2) is 18.3 Å². The summed E-state index contributed by atoms with van der Waals surface area (Å²) < 4.78 is 5.22. The van der Waals surface area contributed by atoms with Crippen molar-refractivity contribution >= 4 is 5.82 Å². The molecule has 0 aliphatic rings. The molecule has 21 heavy (non-hydrogen) atoms. The van der Waals surface area contributed by atoms with Crippen LogP contribution in [0.2, 0.25) is 0 Å². The van der Waals surface area contributed by atoms with Crippen molar-refractivity contribution in [1.29, 1.82) is 0 Å². The Balaban J connectivity index is 2.69. The number of hydrogen-bond donors (Lipinski definition) is 1. The fourth-order valence-electron chi connectivity index (χ4n) is 2.19. The third kappa shape index (κ3) is 7.44. The molecular formula is C17H31N3O. The molecule has 0 aliphatic carbocycles. The van der Waals surface area contributed by atoms with Crippen molar-refractivity contribution in [3.8, 4) is 0 Å². The lowest BCUT2D eigenvalue weighted by molar-refractivity contribution is 0.204. The van der Waals surface area contributed by atoms with E-state index in [0.717, 1.165) is 38.6 Å². The molecule has 0 aliphatic heterocycles. The van der Waals surface area contributed by atoms with E-state index in [9.17, 15) is 0 Å². The molecule has 1 heterocycles. The zero-order chi connectivity index (χ0) is 15.7. The monoisotopic (exact) mass is 293 g/mol. The van der Waals surface area contributed by atoms with Crippen LogP contribution < -0.4 is 10.2 Å². The predicted molar refractivity (Wildman–Crippen MR) is 89.7 cm³/mol. The van der Waals surface area contributed by atoms with Gasteiger partial charge in [0, 0.05) is 32.9 Å². The van der Waals surface area contributed by atoms with Gasteiger partial charge in [0.15, 0.2) is 0 Å². The number of pyridine rings is 1. The zero-order valence-corrected chi connectivity index (χ0v) is 14.2. The van der Waals surface area contributed by atoms with Crippen LogP contribution >= 0.6 is 0 Å². The van der Waals surface area contributed by atoms with E-state index < -0.39 is 0 Å². The molecule has 0 unspecified atom stereocenters. The van der Waals surface area contributed by atoms with E-state index in [1.54, 1.807) is 7.11 Å². The van der Waals surface area contributed by atoms with Crippen LogP contribution in [-0.2, 0) is 11.3 Å². The molecule has 0 spiro atoms. The standard InChI is InChI=1S/C17H31N3O/c1-14(2)11-18-12-16-6-7-19-17(10-16)20(8-9-21-5)13-15(3)4/h6-7,10,14-15,18H,8-9,11-13H2,1-5H3. The van der Waals surface area contributed by atoms with Gasteiger partial charge in [0.2, 0.25) is 0 Å². The summed E-state index contributed by atoms with van der Waals surface area (Å²) in [5.41, 5.74) is 1.28. The third-order valence-electron chi connectivity index (χ3n) is 3.17. The molecule has 0 saturated carbocycles. The molecule has 0 amide bonds. The number of ether oxygens (including phenoxy) is 1. The number of nitrogens with one attached hydrogen (secondary N) is 1. The number of anilines is 1. The second-order valence-electron chi connectivity index (χ2n) is 6.38. The van der Waals surface area contributed by atoms with Crippen molar-refractivity contribution in [2.45, 2.75) is 34.2 Å². The first-order valence-corrected chi connectivity index (χ1v) is 7.92. The highest BCUT2D eigenvalue weighted by Crippen LogP contribution is 2.14. The maximum absolute atomic E-state index is 5.22. The summed E-state index contributed by atoms with van der Waals surface area (Å²) in [4.78, 5) is 6.84. The van der Waals surface area contributed by atoms with Crippen molar-refractivity contribution in [3.05, 3.63) is 23.9 Å². The minimum absolute atomic E-state index is 0.603. The largest absolute Gasteiger partial charge is 0.383 e. The van der Waals surface area contributed by atoms with Crippen molar-refractivity contribution in [2.75, 3.05) is 38.3 Å². The van der Waals surface area contributed by atoms with Gasteiger partial charge >= 0.3 is 0 Å². The fraction of sp³-hybridized carbons (Fsp3) is 0.706. The number of rotatable bonds is 10. The maximum atomic E-state index is 5.22. The smallest absolute Gasteiger partial charge is 0.128 e. The highest BCUT2D eigenvalue weighted by atomic mass is 16.5. The average molecular weight is 293 g/mol. The highest BCUT2D eigenvalue weighted by molar-refractivity contribution is 5.41. The summed E-state index contributed by atoms with van der Waals surface area (Å²) in [7, 11) is 1.74. The van der Waals surface area contributed by atoms with Gasteiger partial charge in [0.1, 0.15) is 5.82 Å². The first-order valence-electron chi connectivity index (χ1n) is 7.92. The third-order valence-corrected chi connectivity index (χ3v) is 3.17. The fourth-order valence-corrected chi connectivity index (χ4v) is 2.19. The van der Waals surface area contributed by atoms with Crippen LogP contribution in [0.25, 0.3) is 0 Å². The van der Waals surface area contributed by atoms with Crippen LogP contribution in [0, 0.1) is 11.8 Å². The van der Waals surface area contributed by atoms with Gasteiger partial charge in [-0.25, -0.2) is 4.98 Å². The van der Waals surface area contributed by atoms with E-state index >= 15 is 0 Å². The van der Waals surface area contributed by atoms with Gasteiger partial charge < -0.3 is 15.0 Å². The summed E-state index contributed by atoms with van der Waals surface area (Å²) in [5, 5.41) is 3.48. The van der Waals surface area contributed by atoms with Crippen molar-refractivity contribution < 1.29 is 4.74 Å². The first kappa shape index (κ1) is 17.9. The normalized spacial score (nSPS) is 11.4. The van der Waals surface area contributed by atoms with Crippen LogP contribution in [0.5, 0.6) is 0 Å². The second-order valence-corrected chi connectivity index (χ2v) is 6.38. The number of aromatic nitrogens is 1. The molecule has 1 rings (SSSR count). The lowest BCUT2D eigenvalue weighted by Gasteiger charge is -2.25. The first-order chi connectivity index (χ1) is 10.0. The highest BCUT2D eigenvalue weighted by Gasteiger charge is 2.10. The maximum Gasteiger partial charge on any atom is 0.128 e. The minimum atomic E-state index is 0.603. The molecular weight excluding hydrogens is 262 g/mol. The molecule has 1 N–H and O–H groups in total. The zero-order valence-electron chi connectivity index (χ0n) is 14.2. The molecule has 0 fully saturated rings. The summed E-state index contributed by atoms with van der Waals surface area (Å²) >= 11 is 0. The van der Waals surface area contributed by atoms with Gasteiger partial charge in [0.05, 0.1) is 6.61 Å². The van der Waals surface area contributed by atoms with E-state index in [-0.39, 0.29) is 0 Å². The number of methoxy groups -OCH3 is 1. The molecule has 1 aromatic rings. The Morgan fingerprint density at radius 2 is 2.00 bits per heavy atom. The van der Waals surface area contributed by atoms with Gasteiger partial charge in [-0.3, -0.25) is 0 Å². The van der Waals surface area contributed by atoms with Crippen molar-refractivity contribution in [3.63, 3.8) is 0 Å². The second kappa shape index (κ2) is 9.74. The van der Waals surface area contributed by atoms with Gasteiger partial charge in [-0.2, -0.15) is 0 Å². The van der Waals surface area contributed by atoms with Gasteiger partial charge in [0.25, 0.3) is 0 Å². The average Bonchev–Trinajstić information content (AvgIpc) is 2.43. The Hall–Kier alpha value is -1.13. The van der Waals surface area contributed by atoms with E-state index in [2.05, 4.69) is 55.0 Å². The summed E-state index contributed by atoms with van der Waals surface area (Å²) in [6.45, 7) is 13.4. The molecule has 0 saturated heterocycles. The van der Waals surface area contributed by atoms with Crippen LogP contribution in [0.4, 0.5) is 5.82 Å². The Kier molecular flexibility index (Phi) is 8.31. The quantitative estimate of drug-likeness (QED) is 0.720. The minimum Gasteiger partial charge on any atom is -0.383 e. The number of hydrogen-bond acceptors (Lipinski definition) is 4. The van der Waals surface area contributed by atoms with E-state index in [1.807, 2.05) is 6.20 Å². The van der Waals surface area contributed by atoms with Gasteiger partial charge in [-0.15, -0.1) is 0 Å². The van der Waals surface area contributed by atoms with E-state index in [4.69, 9.17) is 4.74 Å². The lowest BCUT2D eigenvalue weighted by Crippen LogP contribution is -2.31. The topological polar surface area (TPSA) is 37.4 Å². The lowest BCUT2D eigenvalue weighted by atomic mass is 10.2. The summed E-state index contributed by atoms with van der Waals surface area (Å²) in [6, 6.07) is 4.27. The molecule has 0 aromatic carbocycles. The summed E-state index contributed by atoms with van der Waals surface area (Å²) in [6.07, 6.45) is 1.90. The van der Waals surface area contributed by atoms with Crippen LogP contribution in [0.3, 0.4) is 0 Å². The Morgan fingerprint density at radius 1 is 1.24 bits per heavy atom.